The summed E-state index contributed by atoms with van der Waals surface area (Å²) < 4.78 is 2.34. The molecule has 0 N–H and O–H groups in total. The van der Waals surface area contributed by atoms with E-state index >= 15 is 0 Å². The maximum absolute atomic E-state index is 4.88. The molecule has 0 amide bonds. The van der Waals surface area contributed by atoms with Gasteiger partial charge in [0, 0.05) is 12.3 Å². The number of nitrogens with zero attached hydrogens (tertiary/aromatic N) is 2. The Hall–Kier alpha value is -0.220. The molecule has 0 aromatic heterocycles. The summed E-state index contributed by atoms with van der Waals surface area (Å²) in [6.07, 6.45) is 3.19. The van der Waals surface area contributed by atoms with Gasteiger partial charge in [0.2, 0.25) is 0 Å². The molecule has 2 aliphatic rings. The van der Waals surface area contributed by atoms with Crippen molar-refractivity contribution in [3.05, 3.63) is 0 Å². The van der Waals surface area contributed by atoms with Gasteiger partial charge in [-0.05, 0) is 6.42 Å². The zero-order valence-corrected chi connectivity index (χ0v) is 6.51. The van der Waals surface area contributed by atoms with Crippen LogP contribution in [0.1, 0.15) is 6.42 Å². The highest BCUT2D eigenvalue weighted by molar-refractivity contribution is 7.97. The van der Waals surface area contributed by atoms with E-state index in [1.807, 2.05) is 18.2 Å². The summed E-state index contributed by atoms with van der Waals surface area (Å²) in [6.45, 7) is 1.93. The highest BCUT2D eigenvalue weighted by Gasteiger charge is 2.24. The predicted molar refractivity (Wildman–Crippen MR) is 42.0 cm³/mol. The second-order valence-electron chi connectivity index (χ2n) is 2.45. The topological polar surface area (TPSA) is 24.8 Å². The molecule has 0 radical (unpaired) electrons. The van der Waals surface area contributed by atoms with Crippen LogP contribution in [-0.2, 0) is 4.84 Å². The summed E-state index contributed by atoms with van der Waals surface area (Å²) in [7, 11) is 0. The van der Waals surface area contributed by atoms with Crippen LogP contribution in [0.4, 0.5) is 0 Å². The average molecular weight is 158 g/mol. The molecule has 1 atom stereocenters. The monoisotopic (exact) mass is 158 g/mol. The number of hydrogen-bond donors (Lipinski definition) is 0. The molecular formula is C6H10N2OS. The van der Waals surface area contributed by atoms with Crippen molar-refractivity contribution >= 4 is 18.2 Å². The lowest BCUT2D eigenvalue weighted by atomic mass is 10.3. The summed E-state index contributed by atoms with van der Waals surface area (Å²) >= 11 is 1.90. The Morgan fingerprint density at radius 2 is 2.70 bits per heavy atom. The zero-order valence-electron chi connectivity index (χ0n) is 5.69. The van der Waals surface area contributed by atoms with Crippen LogP contribution in [-0.4, -0.2) is 35.5 Å². The Morgan fingerprint density at radius 1 is 1.70 bits per heavy atom. The maximum atomic E-state index is 4.88. The van der Waals surface area contributed by atoms with E-state index in [0.29, 0.717) is 6.04 Å². The Labute approximate surface area is 64.5 Å². The third-order valence-corrected chi connectivity index (χ3v) is 2.96. The van der Waals surface area contributed by atoms with E-state index < -0.39 is 0 Å². The predicted octanol–water partition coefficient (Wildman–Crippen LogP) is 0.725. The van der Waals surface area contributed by atoms with E-state index in [1.54, 1.807) is 0 Å². The van der Waals surface area contributed by atoms with E-state index in [-0.39, 0.29) is 0 Å². The number of hydrogen-bond acceptors (Lipinski definition) is 4. The molecular weight excluding hydrogens is 148 g/mol. The largest absolute Gasteiger partial charge is 0.394 e. The minimum absolute atomic E-state index is 0.437. The van der Waals surface area contributed by atoms with Gasteiger partial charge in [0.15, 0.2) is 0 Å². The van der Waals surface area contributed by atoms with Crippen LogP contribution in [0.15, 0.2) is 5.16 Å². The van der Waals surface area contributed by atoms with Crippen molar-refractivity contribution in [2.75, 3.05) is 18.9 Å². The van der Waals surface area contributed by atoms with Gasteiger partial charge in [-0.15, -0.1) is 0 Å². The van der Waals surface area contributed by atoms with Crippen molar-refractivity contribution in [1.82, 2.24) is 4.31 Å². The molecule has 0 aromatic carbocycles. The molecule has 56 valence electrons. The molecule has 0 spiro atoms. The van der Waals surface area contributed by atoms with Gasteiger partial charge in [0.05, 0.1) is 12.3 Å². The van der Waals surface area contributed by atoms with Crippen LogP contribution in [0, 0.1) is 0 Å². The minimum Gasteiger partial charge on any atom is -0.394 e. The third-order valence-electron chi connectivity index (χ3n) is 1.70. The highest BCUT2D eigenvalue weighted by Crippen LogP contribution is 2.23. The Balaban J connectivity index is 1.91. The van der Waals surface area contributed by atoms with Crippen molar-refractivity contribution in [2.45, 2.75) is 12.5 Å². The van der Waals surface area contributed by atoms with Gasteiger partial charge in [-0.2, -0.15) is 0 Å². The van der Waals surface area contributed by atoms with Gasteiger partial charge in [-0.3, -0.25) is 0 Å². The summed E-state index contributed by atoms with van der Waals surface area (Å²) in [5.41, 5.74) is 0. The first-order valence-corrected chi connectivity index (χ1v) is 4.46. The lowest BCUT2D eigenvalue weighted by molar-refractivity contribution is 0.149. The molecule has 3 nitrogen and oxygen atoms in total. The van der Waals surface area contributed by atoms with E-state index in [9.17, 15) is 0 Å². The van der Waals surface area contributed by atoms with Crippen molar-refractivity contribution < 1.29 is 4.84 Å². The zero-order chi connectivity index (χ0) is 6.81. The van der Waals surface area contributed by atoms with Gasteiger partial charge in [0.1, 0.15) is 6.61 Å². The number of rotatable bonds is 1. The lowest BCUT2D eigenvalue weighted by Crippen LogP contribution is -2.29. The third kappa shape index (κ3) is 1.13. The average Bonchev–Trinajstić information content (AvgIpc) is 2.59. The number of oxime groups is 1. The van der Waals surface area contributed by atoms with E-state index in [2.05, 4.69) is 9.46 Å². The first kappa shape index (κ1) is 6.49. The van der Waals surface area contributed by atoms with Crippen LogP contribution >= 0.6 is 11.9 Å². The van der Waals surface area contributed by atoms with Crippen LogP contribution < -0.4 is 0 Å². The van der Waals surface area contributed by atoms with Gasteiger partial charge < -0.3 is 4.84 Å². The molecule has 1 fully saturated rings. The fourth-order valence-corrected chi connectivity index (χ4v) is 2.22. The quantitative estimate of drug-likeness (QED) is 0.526. The van der Waals surface area contributed by atoms with Crippen molar-refractivity contribution in [2.24, 2.45) is 5.16 Å². The standard InChI is InChI=1S/C6H10N2OS/c1-2-8(10-3-1)6-4-7-9-5-6/h4,6H,1-3,5H2. The Bertz CT molecular complexity index is 145. The normalized spacial score (nSPS) is 33.0. The fraction of sp³-hybridized carbons (Fsp3) is 0.833. The Morgan fingerprint density at radius 3 is 3.30 bits per heavy atom. The molecule has 1 saturated heterocycles. The van der Waals surface area contributed by atoms with E-state index in [4.69, 9.17) is 4.84 Å². The van der Waals surface area contributed by atoms with Gasteiger partial charge in [0.25, 0.3) is 0 Å². The molecule has 10 heavy (non-hydrogen) atoms. The molecule has 4 heteroatoms. The van der Waals surface area contributed by atoms with Gasteiger partial charge >= 0.3 is 0 Å². The summed E-state index contributed by atoms with van der Waals surface area (Å²) in [4.78, 5) is 4.88. The van der Waals surface area contributed by atoms with Crippen molar-refractivity contribution in [3.63, 3.8) is 0 Å². The van der Waals surface area contributed by atoms with Gasteiger partial charge in [-0.1, -0.05) is 17.1 Å². The SMILES string of the molecule is C1=NOCC1N1CCCS1. The van der Waals surface area contributed by atoms with E-state index in [0.717, 1.165) is 6.61 Å². The second-order valence-corrected chi connectivity index (χ2v) is 3.58. The van der Waals surface area contributed by atoms with E-state index in [1.165, 1.54) is 18.7 Å². The molecule has 2 rings (SSSR count). The lowest BCUT2D eigenvalue weighted by Gasteiger charge is -2.16. The van der Waals surface area contributed by atoms with Crippen molar-refractivity contribution in [3.8, 4) is 0 Å². The molecule has 0 saturated carbocycles. The fourth-order valence-electron chi connectivity index (χ4n) is 1.16. The summed E-state index contributed by atoms with van der Waals surface area (Å²) in [5.74, 6) is 1.25. The van der Waals surface area contributed by atoms with Crippen LogP contribution in [0.5, 0.6) is 0 Å². The molecule has 2 aliphatic heterocycles. The molecule has 1 unspecified atom stereocenters. The minimum atomic E-state index is 0.437. The van der Waals surface area contributed by atoms with Crippen LogP contribution in [0.3, 0.4) is 0 Å². The van der Waals surface area contributed by atoms with Crippen molar-refractivity contribution in [1.29, 1.82) is 0 Å². The second kappa shape index (κ2) is 2.80. The van der Waals surface area contributed by atoms with Gasteiger partial charge in [-0.25, -0.2) is 4.31 Å². The van der Waals surface area contributed by atoms with Crippen LogP contribution in [0.2, 0.25) is 0 Å². The molecule has 2 heterocycles. The first-order chi connectivity index (χ1) is 4.97. The highest BCUT2D eigenvalue weighted by atomic mass is 32.2. The smallest absolute Gasteiger partial charge is 0.138 e. The molecule has 0 aromatic rings. The maximum Gasteiger partial charge on any atom is 0.138 e. The molecule has 0 aliphatic carbocycles. The summed E-state index contributed by atoms with van der Waals surface area (Å²) in [6, 6.07) is 0.437. The summed E-state index contributed by atoms with van der Waals surface area (Å²) in [5, 5.41) is 3.73. The first-order valence-electron chi connectivity index (χ1n) is 3.52. The Kier molecular flexibility index (Phi) is 1.82. The van der Waals surface area contributed by atoms with Crippen LogP contribution in [0.25, 0.3) is 0 Å². The molecule has 0 bridgehead atoms.